The van der Waals surface area contributed by atoms with Crippen molar-refractivity contribution in [1.29, 1.82) is 0 Å². The number of likely N-dealkylation sites (tertiary alicyclic amines) is 1. The lowest BCUT2D eigenvalue weighted by molar-refractivity contribution is 0.0342. The van der Waals surface area contributed by atoms with E-state index in [9.17, 15) is 0 Å². The molecule has 0 aliphatic carbocycles. The van der Waals surface area contributed by atoms with Crippen LogP contribution in [0.2, 0.25) is 0 Å². The van der Waals surface area contributed by atoms with Gasteiger partial charge in [0.05, 0.1) is 13.2 Å². The van der Waals surface area contributed by atoms with Crippen molar-refractivity contribution in [3.63, 3.8) is 0 Å². The Balaban J connectivity index is 1.52. The summed E-state index contributed by atoms with van der Waals surface area (Å²) in [6.07, 6.45) is 2.52. The van der Waals surface area contributed by atoms with Crippen molar-refractivity contribution in [3.8, 4) is 0 Å². The summed E-state index contributed by atoms with van der Waals surface area (Å²) in [5.41, 5.74) is 2.69. The number of ether oxygens (including phenoxy) is 1. The van der Waals surface area contributed by atoms with Crippen molar-refractivity contribution in [2.24, 2.45) is 10.9 Å². The maximum atomic E-state index is 5.43. The van der Waals surface area contributed by atoms with Gasteiger partial charge in [0.2, 0.25) is 0 Å². The Labute approximate surface area is 152 Å². The minimum Gasteiger partial charge on any atom is -0.379 e. The molecule has 0 spiro atoms. The highest BCUT2D eigenvalue weighted by Gasteiger charge is 2.18. The number of nitrogens with one attached hydrogen (secondary N) is 1. The Morgan fingerprint density at radius 2 is 1.88 bits per heavy atom. The normalized spacial score (nSPS) is 20.7. The molecule has 2 fully saturated rings. The molecule has 1 aromatic rings. The summed E-state index contributed by atoms with van der Waals surface area (Å²) in [5.74, 6) is 1.87. The SMILES string of the molecule is CN=C(NCc1cccc(CN2CCOCC2)c1)N1CCC(C)CC1. The van der Waals surface area contributed by atoms with Gasteiger partial charge in [-0.1, -0.05) is 31.2 Å². The zero-order chi connectivity index (χ0) is 17.5. The first kappa shape index (κ1) is 18.2. The smallest absolute Gasteiger partial charge is 0.193 e. The van der Waals surface area contributed by atoms with Gasteiger partial charge in [0.25, 0.3) is 0 Å². The molecule has 2 aliphatic heterocycles. The van der Waals surface area contributed by atoms with Crippen LogP contribution in [-0.2, 0) is 17.8 Å². The van der Waals surface area contributed by atoms with Gasteiger partial charge < -0.3 is 15.0 Å². The molecule has 0 bridgehead atoms. The van der Waals surface area contributed by atoms with Crippen LogP contribution in [-0.4, -0.2) is 62.2 Å². The molecule has 2 saturated heterocycles. The lowest BCUT2D eigenvalue weighted by atomic mass is 9.99. The predicted molar refractivity (Wildman–Crippen MR) is 103 cm³/mol. The third-order valence-corrected chi connectivity index (χ3v) is 5.25. The molecule has 5 heteroatoms. The molecule has 0 saturated carbocycles. The van der Waals surface area contributed by atoms with E-state index in [0.717, 1.165) is 64.4 Å². The second-order valence-corrected chi connectivity index (χ2v) is 7.28. The van der Waals surface area contributed by atoms with Gasteiger partial charge >= 0.3 is 0 Å². The third kappa shape index (κ3) is 5.44. The Kier molecular flexibility index (Phi) is 6.70. The van der Waals surface area contributed by atoms with Crippen LogP contribution in [0.1, 0.15) is 30.9 Å². The zero-order valence-corrected chi connectivity index (χ0v) is 15.7. The molecule has 3 rings (SSSR count). The van der Waals surface area contributed by atoms with Gasteiger partial charge in [-0.05, 0) is 29.9 Å². The summed E-state index contributed by atoms with van der Waals surface area (Å²) in [7, 11) is 1.88. The number of piperidine rings is 1. The Morgan fingerprint density at radius 3 is 2.60 bits per heavy atom. The van der Waals surface area contributed by atoms with Crippen LogP contribution in [0.3, 0.4) is 0 Å². The molecule has 138 valence electrons. The van der Waals surface area contributed by atoms with E-state index >= 15 is 0 Å². The van der Waals surface area contributed by atoms with Crippen molar-refractivity contribution >= 4 is 5.96 Å². The number of guanidine groups is 1. The minimum atomic E-state index is 0.829. The van der Waals surface area contributed by atoms with Crippen molar-refractivity contribution in [2.75, 3.05) is 46.4 Å². The van der Waals surface area contributed by atoms with E-state index in [0.29, 0.717) is 0 Å². The van der Waals surface area contributed by atoms with Crippen LogP contribution in [0.5, 0.6) is 0 Å². The monoisotopic (exact) mass is 344 g/mol. The molecule has 2 aliphatic rings. The number of hydrogen-bond donors (Lipinski definition) is 1. The summed E-state index contributed by atoms with van der Waals surface area (Å²) >= 11 is 0. The van der Waals surface area contributed by atoms with Crippen molar-refractivity contribution in [3.05, 3.63) is 35.4 Å². The van der Waals surface area contributed by atoms with Crippen LogP contribution >= 0.6 is 0 Å². The second-order valence-electron chi connectivity index (χ2n) is 7.28. The van der Waals surface area contributed by atoms with Gasteiger partial charge in [-0.2, -0.15) is 0 Å². The Bertz CT molecular complexity index is 561. The van der Waals surface area contributed by atoms with Crippen molar-refractivity contribution in [2.45, 2.75) is 32.9 Å². The first-order chi connectivity index (χ1) is 12.2. The number of rotatable bonds is 4. The second kappa shape index (κ2) is 9.20. The van der Waals surface area contributed by atoms with Crippen LogP contribution < -0.4 is 5.32 Å². The molecule has 2 heterocycles. The average molecular weight is 345 g/mol. The highest BCUT2D eigenvalue weighted by molar-refractivity contribution is 5.79. The predicted octanol–water partition coefficient (Wildman–Crippen LogP) is 2.33. The Hall–Kier alpha value is -1.59. The van der Waals surface area contributed by atoms with Gasteiger partial charge in [0, 0.05) is 46.3 Å². The summed E-state index contributed by atoms with van der Waals surface area (Å²) < 4.78 is 5.43. The van der Waals surface area contributed by atoms with Crippen molar-refractivity contribution < 1.29 is 4.74 Å². The fourth-order valence-corrected chi connectivity index (χ4v) is 3.59. The number of hydrogen-bond acceptors (Lipinski definition) is 3. The number of morpholine rings is 1. The number of benzene rings is 1. The van der Waals surface area contributed by atoms with E-state index in [4.69, 9.17) is 4.74 Å². The fourth-order valence-electron chi connectivity index (χ4n) is 3.59. The first-order valence-corrected chi connectivity index (χ1v) is 9.58. The van der Waals surface area contributed by atoms with E-state index in [1.54, 1.807) is 0 Å². The number of aliphatic imine (C=N–C) groups is 1. The molecular formula is C20H32N4O. The molecule has 0 unspecified atom stereocenters. The molecule has 1 aromatic carbocycles. The molecular weight excluding hydrogens is 312 g/mol. The fraction of sp³-hybridized carbons (Fsp3) is 0.650. The molecule has 0 aromatic heterocycles. The van der Waals surface area contributed by atoms with Gasteiger partial charge in [0.15, 0.2) is 5.96 Å². The third-order valence-electron chi connectivity index (χ3n) is 5.25. The lowest BCUT2D eigenvalue weighted by Gasteiger charge is -2.33. The summed E-state index contributed by atoms with van der Waals surface area (Å²) in [6.45, 7) is 10.2. The standard InChI is InChI=1S/C20H32N4O/c1-17-6-8-24(9-7-17)20(21-2)22-15-18-4-3-5-19(14-18)16-23-10-12-25-13-11-23/h3-5,14,17H,6-13,15-16H2,1-2H3,(H,21,22). The maximum Gasteiger partial charge on any atom is 0.193 e. The molecule has 1 N–H and O–H groups in total. The molecule has 0 atom stereocenters. The minimum absolute atomic E-state index is 0.829. The molecule has 25 heavy (non-hydrogen) atoms. The maximum absolute atomic E-state index is 5.43. The van der Waals surface area contributed by atoms with Gasteiger partial charge in [-0.3, -0.25) is 9.89 Å². The van der Waals surface area contributed by atoms with Crippen LogP contribution in [0, 0.1) is 5.92 Å². The van der Waals surface area contributed by atoms with Gasteiger partial charge in [0.1, 0.15) is 0 Å². The van der Waals surface area contributed by atoms with E-state index < -0.39 is 0 Å². The van der Waals surface area contributed by atoms with E-state index in [1.165, 1.54) is 24.0 Å². The quantitative estimate of drug-likeness (QED) is 0.672. The van der Waals surface area contributed by atoms with Crippen LogP contribution in [0.4, 0.5) is 0 Å². The average Bonchev–Trinajstić information content (AvgIpc) is 2.65. The zero-order valence-electron chi connectivity index (χ0n) is 15.7. The highest BCUT2D eigenvalue weighted by atomic mass is 16.5. The van der Waals surface area contributed by atoms with Crippen molar-refractivity contribution in [1.82, 2.24) is 15.1 Å². The van der Waals surface area contributed by atoms with E-state index in [2.05, 4.69) is 51.3 Å². The highest BCUT2D eigenvalue weighted by Crippen LogP contribution is 2.16. The van der Waals surface area contributed by atoms with E-state index in [1.807, 2.05) is 7.05 Å². The summed E-state index contributed by atoms with van der Waals surface area (Å²) in [5, 5.41) is 3.54. The van der Waals surface area contributed by atoms with Gasteiger partial charge in [-0.15, -0.1) is 0 Å². The molecule has 0 amide bonds. The topological polar surface area (TPSA) is 40.1 Å². The first-order valence-electron chi connectivity index (χ1n) is 9.58. The van der Waals surface area contributed by atoms with Crippen LogP contribution in [0.15, 0.2) is 29.3 Å². The molecule has 5 nitrogen and oxygen atoms in total. The van der Waals surface area contributed by atoms with E-state index in [-0.39, 0.29) is 0 Å². The Morgan fingerprint density at radius 1 is 1.16 bits per heavy atom. The van der Waals surface area contributed by atoms with Gasteiger partial charge in [-0.25, -0.2) is 0 Å². The summed E-state index contributed by atoms with van der Waals surface area (Å²) in [4.78, 5) is 9.33. The molecule has 0 radical (unpaired) electrons. The largest absolute Gasteiger partial charge is 0.379 e. The lowest BCUT2D eigenvalue weighted by Crippen LogP contribution is -2.45. The summed E-state index contributed by atoms with van der Waals surface area (Å²) in [6, 6.07) is 8.90. The van der Waals surface area contributed by atoms with Crippen LogP contribution in [0.25, 0.3) is 0 Å². The number of nitrogens with zero attached hydrogens (tertiary/aromatic N) is 3.